The van der Waals surface area contributed by atoms with Crippen molar-refractivity contribution in [1.82, 2.24) is 0 Å². The van der Waals surface area contributed by atoms with E-state index in [1.807, 2.05) is 0 Å². The molecule has 0 saturated carbocycles. The van der Waals surface area contributed by atoms with Crippen LogP contribution in [0.5, 0.6) is 5.75 Å². The van der Waals surface area contributed by atoms with Crippen LogP contribution in [0.15, 0.2) is 34.8 Å². The zero-order valence-electron chi connectivity index (χ0n) is 9.55. The van der Waals surface area contributed by atoms with E-state index in [-0.39, 0.29) is 15.8 Å². The fourth-order valence-electron chi connectivity index (χ4n) is 1.59. The number of anilines is 1. The second-order valence-electron chi connectivity index (χ2n) is 3.87. The Morgan fingerprint density at radius 1 is 1.16 bits per heavy atom. The highest BCUT2D eigenvalue weighted by molar-refractivity contribution is 9.10. The van der Waals surface area contributed by atoms with Gasteiger partial charge in [-0.25, -0.2) is 4.39 Å². The second-order valence-corrected chi connectivity index (χ2v) is 5.60. The molecule has 2 aromatic rings. The van der Waals surface area contributed by atoms with Crippen LogP contribution in [0.25, 0.3) is 0 Å². The van der Waals surface area contributed by atoms with Gasteiger partial charge in [0.1, 0.15) is 11.6 Å². The van der Waals surface area contributed by atoms with Gasteiger partial charge < -0.3 is 10.4 Å². The molecule has 0 radical (unpaired) electrons. The topological polar surface area (TPSA) is 32.3 Å². The minimum Gasteiger partial charge on any atom is -0.508 e. The second kappa shape index (κ2) is 5.99. The molecule has 2 nitrogen and oxygen atoms in total. The molecule has 0 aliphatic rings. The maximum atomic E-state index is 13.0. The SMILES string of the molecule is Oc1ccc(Br)cc1CNc1c(Cl)cc(F)cc1Cl. The third-order valence-corrected chi connectivity index (χ3v) is 3.59. The molecule has 0 aliphatic carbocycles. The van der Waals surface area contributed by atoms with Gasteiger partial charge in [0.25, 0.3) is 0 Å². The van der Waals surface area contributed by atoms with Gasteiger partial charge in [0, 0.05) is 16.6 Å². The third kappa shape index (κ3) is 3.53. The van der Waals surface area contributed by atoms with E-state index in [4.69, 9.17) is 23.2 Å². The van der Waals surface area contributed by atoms with E-state index in [1.54, 1.807) is 18.2 Å². The Balaban J connectivity index is 2.21. The van der Waals surface area contributed by atoms with Crippen molar-refractivity contribution in [3.63, 3.8) is 0 Å². The van der Waals surface area contributed by atoms with Crippen molar-refractivity contribution in [2.75, 3.05) is 5.32 Å². The fourth-order valence-corrected chi connectivity index (χ4v) is 2.59. The number of phenols is 1. The van der Waals surface area contributed by atoms with Crippen LogP contribution in [0, 0.1) is 5.82 Å². The highest BCUT2D eigenvalue weighted by atomic mass is 79.9. The number of hydrogen-bond acceptors (Lipinski definition) is 2. The highest BCUT2D eigenvalue weighted by Crippen LogP contribution is 2.32. The molecule has 6 heteroatoms. The van der Waals surface area contributed by atoms with Crippen molar-refractivity contribution in [3.05, 3.63) is 56.2 Å². The lowest BCUT2D eigenvalue weighted by atomic mass is 10.2. The van der Waals surface area contributed by atoms with Gasteiger partial charge in [-0.3, -0.25) is 0 Å². The van der Waals surface area contributed by atoms with Crippen molar-refractivity contribution >= 4 is 44.8 Å². The van der Waals surface area contributed by atoms with Gasteiger partial charge in [-0.1, -0.05) is 39.1 Å². The molecule has 0 bridgehead atoms. The van der Waals surface area contributed by atoms with E-state index >= 15 is 0 Å². The summed E-state index contributed by atoms with van der Waals surface area (Å²) in [5.41, 5.74) is 1.11. The Kier molecular flexibility index (Phi) is 4.55. The molecule has 0 spiro atoms. The first-order valence-electron chi connectivity index (χ1n) is 5.33. The van der Waals surface area contributed by atoms with Crippen LogP contribution in [0.3, 0.4) is 0 Å². The Morgan fingerprint density at radius 2 is 1.79 bits per heavy atom. The molecule has 0 saturated heterocycles. The minimum atomic E-state index is -0.495. The lowest BCUT2D eigenvalue weighted by Gasteiger charge is -2.12. The lowest BCUT2D eigenvalue weighted by Crippen LogP contribution is -2.01. The quantitative estimate of drug-likeness (QED) is 0.783. The number of benzene rings is 2. The van der Waals surface area contributed by atoms with E-state index in [9.17, 15) is 9.50 Å². The van der Waals surface area contributed by atoms with Crippen LogP contribution in [0.1, 0.15) is 5.56 Å². The number of phenolic OH excluding ortho intramolecular Hbond substituents is 1. The Bertz CT molecular complexity index is 599. The average molecular weight is 365 g/mol. The number of nitrogens with one attached hydrogen (secondary N) is 1. The summed E-state index contributed by atoms with van der Waals surface area (Å²) in [4.78, 5) is 0. The van der Waals surface area contributed by atoms with E-state index in [0.717, 1.165) is 4.47 Å². The summed E-state index contributed by atoms with van der Waals surface area (Å²) >= 11 is 15.1. The van der Waals surface area contributed by atoms with Gasteiger partial charge in [0.2, 0.25) is 0 Å². The maximum absolute atomic E-state index is 13.0. The molecule has 2 rings (SSSR count). The molecule has 100 valence electrons. The first-order valence-corrected chi connectivity index (χ1v) is 6.88. The smallest absolute Gasteiger partial charge is 0.126 e. The summed E-state index contributed by atoms with van der Waals surface area (Å²) in [5.74, 6) is -0.337. The van der Waals surface area contributed by atoms with Crippen LogP contribution in [-0.2, 0) is 6.54 Å². The Morgan fingerprint density at radius 3 is 2.42 bits per heavy atom. The molecule has 0 atom stereocenters. The molecular weight excluding hydrogens is 356 g/mol. The first kappa shape index (κ1) is 14.4. The predicted octanol–water partition coefficient (Wildman–Crippen LogP) is 5.21. The molecule has 0 heterocycles. The third-order valence-electron chi connectivity index (χ3n) is 2.50. The van der Waals surface area contributed by atoms with Crippen molar-refractivity contribution in [2.45, 2.75) is 6.54 Å². The largest absolute Gasteiger partial charge is 0.508 e. The minimum absolute atomic E-state index is 0.157. The molecule has 2 aromatic carbocycles. The van der Waals surface area contributed by atoms with Crippen LogP contribution in [0.4, 0.5) is 10.1 Å². The van der Waals surface area contributed by atoms with E-state index in [1.165, 1.54) is 12.1 Å². The van der Waals surface area contributed by atoms with Crippen molar-refractivity contribution in [3.8, 4) is 5.75 Å². The summed E-state index contributed by atoms with van der Waals surface area (Å²) in [6, 6.07) is 7.44. The summed E-state index contributed by atoms with van der Waals surface area (Å²) < 4.78 is 13.9. The van der Waals surface area contributed by atoms with Crippen molar-refractivity contribution < 1.29 is 9.50 Å². The summed E-state index contributed by atoms with van der Waals surface area (Å²) in [7, 11) is 0. The van der Waals surface area contributed by atoms with E-state index < -0.39 is 5.82 Å². The zero-order valence-corrected chi connectivity index (χ0v) is 12.7. The van der Waals surface area contributed by atoms with Gasteiger partial charge in [0.15, 0.2) is 0 Å². The van der Waals surface area contributed by atoms with Crippen LogP contribution in [-0.4, -0.2) is 5.11 Å². The van der Waals surface area contributed by atoms with E-state index in [0.29, 0.717) is 17.8 Å². The van der Waals surface area contributed by atoms with Gasteiger partial charge in [-0.05, 0) is 30.3 Å². The van der Waals surface area contributed by atoms with Crippen molar-refractivity contribution in [1.29, 1.82) is 0 Å². The van der Waals surface area contributed by atoms with E-state index in [2.05, 4.69) is 21.2 Å². The Labute approximate surface area is 128 Å². The van der Waals surface area contributed by atoms with Crippen LogP contribution >= 0.6 is 39.1 Å². The summed E-state index contributed by atoms with van der Waals surface area (Å²) in [6.45, 7) is 0.316. The molecule has 2 N–H and O–H groups in total. The molecule has 0 aromatic heterocycles. The monoisotopic (exact) mass is 363 g/mol. The van der Waals surface area contributed by atoms with Crippen molar-refractivity contribution in [2.24, 2.45) is 0 Å². The summed E-state index contributed by atoms with van der Waals surface area (Å²) in [5, 5.41) is 13.1. The van der Waals surface area contributed by atoms with Crippen LogP contribution in [0.2, 0.25) is 10.0 Å². The number of halogens is 4. The summed E-state index contributed by atoms with van der Waals surface area (Å²) in [6.07, 6.45) is 0. The zero-order chi connectivity index (χ0) is 14.0. The number of aromatic hydroxyl groups is 1. The number of hydrogen-bond donors (Lipinski definition) is 2. The predicted molar refractivity (Wildman–Crippen MR) is 79.6 cm³/mol. The fraction of sp³-hybridized carbons (Fsp3) is 0.0769. The normalized spacial score (nSPS) is 10.5. The van der Waals surface area contributed by atoms with Gasteiger partial charge >= 0.3 is 0 Å². The Hall–Kier alpha value is -0.970. The molecule has 0 unspecified atom stereocenters. The molecule has 0 fully saturated rings. The average Bonchev–Trinajstić information content (AvgIpc) is 2.32. The molecular formula is C13H9BrCl2FNO. The first-order chi connectivity index (χ1) is 8.97. The van der Waals surface area contributed by atoms with Crippen LogP contribution < -0.4 is 5.32 Å². The molecule has 19 heavy (non-hydrogen) atoms. The number of rotatable bonds is 3. The van der Waals surface area contributed by atoms with Gasteiger partial charge in [-0.2, -0.15) is 0 Å². The van der Waals surface area contributed by atoms with Gasteiger partial charge in [0.05, 0.1) is 15.7 Å². The standard InChI is InChI=1S/C13H9BrCl2FNO/c14-8-1-2-12(19)7(3-8)6-18-13-10(15)4-9(17)5-11(13)16/h1-5,18-19H,6H2. The molecule has 0 aliphatic heterocycles. The van der Waals surface area contributed by atoms with Gasteiger partial charge in [-0.15, -0.1) is 0 Å². The maximum Gasteiger partial charge on any atom is 0.126 e. The molecule has 0 amide bonds. The lowest BCUT2D eigenvalue weighted by molar-refractivity contribution is 0.469. The highest BCUT2D eigenvalue weighted by Gasteiger charge is 2.09.